The van der Waals surface area contributed by atoms with Crippen molar-refractivity contribution in [2.75, 3.05) is 45.9 Å². The number of furan rings is 1. The molecule has 0 saturated carbocycles. The van der Waals surface area contributed by atoms with Crippen molar-refractivity contribution in [1.82, 2.24) is 15.5 Å². The molecule has 0 radical (unpaired) electrons. The van der Waals surface area contributed by atoms with E-state index in [1.165, 1.54) is 25.8 Å². The van der Waals surface area contributed by atoms with E-state index in [2.05, 4.69) is 29.4 Å². The van der Waals surface area contributed by atoms with Crippen molar-refractivity contribution in [1.29, 1.82) is 0 Å². The molecular formula is C21H36N4O2. The van der Waals surface area contributed by atoms with Gasteiger partial charge in [-0.3, -0.25) is 4.99 Å². The van der Waals surface area contributed by atoms with Crippen molar-refractivity contribution < 1.29 is 9.15 Å². The summed E-state index contributed by atoms with van der Waals surface area (Å²) in [7, 11) is 0. The molecule has 1 aromatic heterocycles. The first-order valence-corrected chi connectivity index (χ1v) is 10.6. The third-order valence-corrected chi connectivity index (χ3v) is 5.33. The molecule has 2 aliphatic rings. The SMILES string of the molecule is CC(C)CN=C(NCCc1ccco1)NC1CCN(CC2CCOC2)CC1. The first kappa shape index (κ1) is 20.2. The van der Waals surface area contributed by atoms with Gasteiger partial charge >= 0.3 is 0 Å². The number of guanidine groups is 1. The predicted molar refractivity (Wildman–Crippen MR) is 109 cm³/mol. The molecule has 0 aromatic carbocycles. The highest BCUT2D eigenvalue weighted by Crippen LogP contribution is 2.17. The normalized spacial score (nSPS) is 22.5. The van der Waals surface area contributed by atoms with E-state index in [1.807, 2.05) is 12.1 Å². The van der Waals surface area contributed by atoms with Gasteiger partial charge in [0.25, 0.3) is 0 Å². The molecule has 0 bridgehead atoms. The highest BCUT2D eigenvalue weighted by molar-refractivity contribution is 5.80. The zero-order valence-corrected chi connectivity index (χ0v) is 17.0. The molecule has 0 spiro atoms. The van der Waals surface area contributed by atoms with E-state index in [0.717, 1.165) is 63.5 Å². The van der Waals surface area contributed by atoms with Crippen LogP contribution < -0.4 is 10.6 Å². The highest BCUT2D eigenvalue weighted by atomic mass is 16.5. The number of ether oxygens (including phenoxy) is 1. The maximum atomic E-state index is 5.51. The minimum atomic E-state index is 0.503. The van der Waals surface area contributed by atoms with Crippen LogP contribution in [0.2, 0.25) is 0 Å². The van der Waals surface area contributed by atoms with Crippen LogP contribution in [0.4, 0.5) is 0 Å². The highest BCUT2D eigenvalue weighted by Gasteiger charge is 2.24. The van der Waals surface area contributed by atoms with E-state index in [9.17, 15) is 0 Å². The number of hydrogen-bond donors (Lipinski definition) is 2. The van der Waals surface area contributed by atoms with Gasteiger partial charge in [0.05, 0.1) is 12.9 Å². The second-order valence-corrected chi connectivity index (χ2v) is 8.29. The van der Waals surface area contributed by atoms with Gasteiger partial charge in [0.2, 0.25) is 0 Å². The lowest BCUT2D eigenvalue weighted by molar-refractivity contribution is 0.150. The van der Waals surface area contributed by atoms with Crippen LogP contribution in [0.3, 0.4) is 0 Å². The van der Waals surface area contributed by atoms with Crippen LogP contribution in [0.5, 0.6) is 0 Å². The molecule has 2 N–H and O–H groups in total. The Morgan fingerprint density at radius 1 is 1.30 bits per heavy atom. The fourth-order valence-corrected chi connectivity index (χ4v) is 3.73. The minimum Gasteiger partial charge on any atom is -0.469 e. The van der Waals surface area contributed by atoms with Gasteiger partial charge in [-0.1, -0.05) is 13.8 Å². The fraction of sp³-hybridized carbons (Fsp3) is 0.762. The van der Waals surface area contributed by atoms with E-state index in [0.29, 0.717) is 12.0 Å². The maximum Gasteiger partial charge on any atom is 0.191 e. The Morgan fingerprint density at radius 2 is 2.15 bits per heavy atom. The Hall–Kier alpha value is -1.53. The van der Waals surface area contributed by atoms with Crippen LogP contribution in [0.25, 0.3) is 0 Å². The van der Waals surface area contributed by atoms with E-state index in [1.54, 1.807) is 6.26 Å². The van der Waals surface area contributed by atoms with Crippen LogP contribution in [0.15, 0.2) is 27.8 Å². The van der Waals surface area contributed by atoms with Crippen molar-refractivity contribution in [3.8, 4) is 0 Å². The van der Waals surface area contributed by atoms with Gasteiger partial charge in [-0.05, 0) is 43.2 Å². The molecule has 1 unspecified atom stereocenters. The molecule has 6 heteroatoms. The van der Waals surface area contributed by atoms with Crippen LogP contribution in [0.1, 0.15) is 38.9 Å². The average Bonchev–Trinajstić information content (AvgIpc) is 3.35. The number of rotatable bonds is 8. The van der Waals surface area contributed by atoms with Crippen LogP contribution >= 0.6 is 0 Å². The number of nitrogens with one attached hydrogen (secondary N) is 2. The number of aliphatic imine (C=N–C) groups is 1. The lowest BCUT2D eigenvalue weighted by Gasteiger charge is -2.34. The molecule has 3 heterocycles. The van der Waals surface area contributed by atoms with Crippen LogP contribution in [-0.2, 0) is 11.2 Å². The Kier molecular flexibility index (Phi) is 8.02. The Bertz CT molecular complexity index is 545. The molecular weight excluding hydrogens is 340 g/mol. The van der Waals surface area contributed by atoms with Crippen molar-refractivity contribution >= 4 is 5.96 Å². The molecule has 2 fully saturated rings. The van der Waals surface area contributed by atoms with Gasteiger partial charge in [-0.25, -0.2) is 0 Å². The van der Waals surface area contributed by atoms with Gasteiger partial charge in [-0.2, -0.15) is 0 Å². The lowest BCUT2D eigenvalue weighted by atomic mass is 10.0. The van der Waals surface area contributed by atoms with Crippen LogP contribution in [-0.4, -0.2) is 62.8 Å². The van der Waals surface area contributed by atoms with E-state index >= 15 is 0 Å². The summed E-state index contributed by atoms with van der Waals surface area (Å²) in [6.45, 7) is 11.5. The summed E-state index contributed by atoms with van der Waals surface area (Å²) < 4.78 is 10.9. The summed E-state index contributed by atoms with van der Waals surface area (Å²) in [5.74, 6) is 3.25. The van der Waals surface area contributed by atoms with E-state index in [4.69, 9.17) is 14.1 Å². The molecule has 152 valence electrons. The summed E-state index contributed by atoms with van der Waals surface area (Å²) in [5, 5.41) is 7.14. The Labute approximate surface area is 163 Å². The molecule has 27 heavy (non-hydrogen) atoms. The van der Waals surface area contributed by atoms with Gasteiger partial charge in [0, 0.05) is 51.8 Å². The minimum absolute atomic E-state index is 0.503. The lowest BCUT2D eigenvalue weighted by Crippen LogP contribution is -2.49. The third-order valence-electron chi connectivity index (χ3n) is 5.33. The molecule has 3 rings (SSSR count). The molecule has 6 nitrogen and oxygen atoms in total. The largest absolute Gasteiger partial charge is 0.469 e. The van der Waals surface area contributed by atoms with Gasteiger partial charge in [0.1, 0.15) is 5.76 Å². The van der Waals surface area contributed by atoms with Crippen molar-refractivity contribution in [2.45, 2.75) is 45.6 Å². The van der Waals surface area contributed by atoms with Gasteiger partial charge < -0.3 is 24.7 Å². The topological polar surface area (TPSA) is 62.0 Å². The van der Waals surface area contributed by atoms with E-state index < -0.39 is 0 Å². The van der Waals surface area contributed by atoms with Crippen molar-refractivity contribution in [2.24, 2.45) is 16.8 Å². The van der Waals surface area contributed by atoms with Crippen molar-refractivity contribution in [3.63, 3.8) is 0 Å². The number of likely N-dealkylation sites (tertiary alicyclic amines) is 1. The smallest absolute Gasteiger partial charge is 0.191 e. The molecule has 0 amide bonds. The average molecular weight is 377 g/mol. The molecule has 1 atom stereocenters. The predicted octanol–water partition coefficient (Wildman–Crippen LogP) is 2.51. The van der Waals surface area contributed by atoms with Gasteiger partial charge in [-0.15, -0.1) is 0 Å². The molecule has 1 aromatic rings. The fourth-order valence-electron chi connectivity index (χ4n) is 3.73. The first-order chi connectivity index (χ1) is 13.2. The zero-order chi connectivity index (χ0) is 18.9. The maximum absolute atomic E-state index is 5.51. The monoisotopic (exact) mass is 376 g/mol. The van der Waals surface area contributed by atoms with Crippen LogP contribution in [0, 0.1) is 11.8 Å². The molecule has 0 aliphatic carbocycles. The Morgan fingerprint density at radius 3 is 2.81 bits per heavy atom. The second-order valence-electron chi connectivity index (χ2n) is 8.29. The van der Waals surface area contributed by atoms with Gasteiger partial charge in [0.15, 0.2) is 5.96 Å². The summed E-state index contributed by atoms with van der Waals surface area (Å²) in [6.07, 6.45) is 6.18. The molecule has 2 saturated heterocycles. The third kappa shape index (κ3) is 7.18. The number of piperidine rings is 1. The van der Waals surface area contributed by atoms with Crippen molar-refractivity contribution in [3.05, 3.63) is 24.2 Å². The summed E-state index contributed by atoms with van der Waals surface area (Å²) >= 11 is 0. The van der Waals surface area contributed by atoms with E-state index in [-0.39, 0.29) is 0 Å². The second kappa shape index (κ2) is 10.7. The summed E-state index contributed by atoms with van der Waals surface area (Å²) in [5.41, 5.74) is 0. The first-order valence-electron chi connectivity index (χ1n) is 10.6. The summed E-state index contributed by atoms with van der Waals surface area (Å²) in [4.78, 5) is 7.38. The standard InChI is InChI=1S/C21H36N4O2/c1-17(2)14-23-21(22-9-5-20-4-3-12-27-20)24-19-6-10-25(11-7-19)15-18-8-13-26-16-18/h3-4,12,17-19H,5-11,13-16H2,1-2H3,(H2,22,23,24). The quantitative estimate of drug-likeness (QED) is 0.539. The summed E-state index contributed by atoms with van der Waals surface area (Å²) in [6, 6.07) is 4.46. The number of nitrogens with zero attached hydrogens (tertiary/aromatic N) is 2. The Balaban J connectivity index is 1.41. The zero-order valence-electron chi connectivity index (χ0n) is 17.0. The number of hydrogen-bond acceptors (Lipinski definition) is 4. The molecule has 2 aliphatic heterocycles.